The first-order valence-corrected chi connectivity index (χ1v) is 11.7. The molecule has 0 unspecified atom stereocenters. The molecule has 0 bridgehead atoms. The number of aromatic nitrogens is 1. The lowest BCUT2D eigenvalue weighted by Gasteiger charge is -2.13. The van der Waals surface area contributed by atoms with Gasteiger partial charge in [-0.1, -0.05) is 60.7 Å². The van der Waals surface area contributed by atoms with Crippen LogP contribution in [0.3, 0.4) is 0 Å². The summed E-state index contributed by atoms with van der Waals surface area (Å²) in [4.78, 5) is 7.59. The highest BCUT2D eigenvalue weighted by atomic mass is 32.1. The average molecular weight is 461 g/mol. The van der Waals surface area contributed by atoms with Gasteiger partial charge in [-0.25, -0.2) is 0 Å². The number of benzene rings is 2. The molecule has 0 amide bonds. The van der Waals surface area contributed by atoms with Gasteiger partial charge in [0, 0.05) is 25.4 Å². The van der Waals surface area contributed by atoms with Gasteiger partial charge in [-0.2, -0.15) is 0 Å². The summed E-state index contributed by atoms with van der Waals surface area (Å²) >= 11 is 2.99. The molecule has 7 rings (SSSR count). The van der Waals surface area contributed by atoms with Crippen LogP contribution in [0.15, 0.2) is 84.0 Å². The third-order valence-corrected chi connectivity index (χ3v) is 8.12. The minimum Gasteiger partial charge on any atom is -0.129 e. The number of hydrogen-bond donors (Lipinski definition) is 0. The molecule has 3 aromatic heterocycles. The lowest BCUT2D eigenvalue weighted by molar-refractivity contribution is -0.733. The Morgan fingerprint density at radius 1 is 0.844 bits per heavy atom. The van der Waals surface area contributed by atoms with Crippen LogP contribution in [0.25, 0.3) is 31.0 Å². The van der Waals surface area contributed by atoms with Crippen molar-refractivity contribution in [2.45, 2.75) is 0 Å². The summed E-state index contributed by atoms with van der Waals surface area (Å²) < 4.78 is 33.6. The molecule has 0 aliphatic carbocycles. The highest BCUT2D eigenvalue weighted by molar-refractivity contribution is 7.22. The van der Waals surface area contributed by atoms with E-state index in [9.17, 15) is 0 Å². The van der Waals surface area contributed by atoms with Crippen LogP contribution in [0.4, 0.5) is 14.8 Å². The molecule has 2 aliphatic heterocycles. The number of rotatable bonds is 2. The second-order valence-corrected chi connectivity index (χ2v) is 9.79. The summed E-state index contributed by atoms with van der Waals surface area (Å²) in [5, 5.41) is -1.67. The molecule has 5 heterocycles. The van der Waals surface area contributed by atoms with Gasteiger partial charge in [0.05, 0.1) is 6.20 Å². The molecule has 2 aromatic carbocycles. The van der Waals surface area contributed by atoms with Gasteiger partial charge in [0.25, 0.3) is 0 Å². The smallest absolute Gasteiger partial charge is 0.129 e. The second kappa shape index (κ2) is 6.29. The van der Waals surface area contributed by atoms with Crippen molar-refractivity contribution in [3.8, 4) is 20.9 Å². The van der Waals surface area contributed by atoms with Gasteiger partial charge >= 0.3 is 16.8 Å². The molecule has 5 aromatic rings. The fourth-order valence-electron chi connectivity index (χ4n) is 4.21. The number of amidine groups is 1. The van der Waals surface area contributed by atoms with E-state index in [2.05, 4.69) is 0 Å². The molecular formula is C24H14F2N4S2+2. The van der Waals surface area contributed by atoms with Crippen LogP contribution in [0.5, 0.6) is 0 Å². The minimum atomic E-state index is -2.43. The van der Waals surface area contributed by atoms with E-state index in [4.69, 9.17) is 4.99 Å². The van der Waals surface area contributed by atoms with Crippen LogP contribution in [-0.4, -0.2) is 21.4 Å². The zero-order valence-electron chi connectivity index (χ0n) is 16.4. The van der Waals surface area contributed by atoms with Gasteiger partial charge < -0.3 is 0 Å². The molecule has 154 valence electrons. The van der Waals surface area contributed by atoms with Gasteiger partial charge in [0.2, 0.25) is 0 Å². The molecule has 0 saturated heterocycles. The van der Waals surface area contributed by atoms with Crippen molar-refractivity contribution in [3.63, 3.8) is 0 Å². The van der Waals surface area contributed by atoms with E-state index in [1.165, 1.54) is 35.1 Å². The zero-order chi connectivity index (χ0) is 21.4. The van der Waals surface area contributed by atoms with Gasteiger partial charge in [-0.05, 0) is 32.9 Å². The van der Waals surface area contributed by atoms with Crippen molar-refractivity contribution in [3.05, 3.63) is 89.4 Å². The quantitative estimate of drug-likeness (QED) is 0.205. The number of nitrogens with zero attached hydrogens (tertiary/aromatic N) is 4. The van der Waals surface area contributed by atoms with Crippen LogP contribution < -0.4 is 5.15 Å². The monoisotopic (exact) mass is 460 g/mol. The summed E-state index contributed by atoms with van der Waals surface area (Å²) in [5.74, 6) is 0.582. The summed E-state index contributed by atoms with van der Waals surface area (Å²) in [6, 6.07) is 23.9. The molecule has 0 radical (unpaired) electrons. The number of quaternary nitrogens is 1. The molecule has 0 saturated carbocycles. The predicted molar refractivity (Wildman–Crippen MR) is 126 cm³/mol. The van der Waals surface area contributed by atoms with Crippen molar-refractivity contribution in [2.24, 2.45) is 4.99 Å². The summed E-state index contributed by atoms with van der Waals surface area (Å²) in [7, 11) is 0. The minimum absolute atomic E-state index is 0.291. The fraction of sp³-hybridized carbons (Fsp3) is 0. The molecule has 8 heteroatoms. The van der Waals surface area contributed by atoms with E-state index in [-0.39, 0.29) is 0 Å². The average Bonchev–Trinajstić information content (AvgIpc) is 3.55. The number of hydrogen-bond acceptors (Lipinski definition) is 3. The van der Waals surface area contributed by atoms with E-state index in [0.29, 0.717) is 11.7 Å². The molecule has 0 spiro atoms. The third kappa shape index (κ3) is 2.42. The molecule has 0 atom stereocenters. The SMILES string of the molecule is F[N+]1(F)n2cc3cc(-c4ccccc4)sc3c2N=C2c3sc(-c4ccccc4)cc3C=[N+]21. The molecular weight excluding hydrogens is 446 g/mol. The lowest BCUT2D eigenvalue weighted by atomic mass is 10.1. The lowest BCUT2D eigenvalue weighted by Crippen LogP contribution is -2.54. The van der Waals surface area contributed by atoms with Crippen molar-refractivity contribution in [1.29, 1.82) is 0 Å². The van der Waals surface area contributed by atoms with Gasteiger partial charge in [-0.3, -0.25) is 0 Å². The maximum absolute atomic E-state index is 15.5. The highest BCUT2D eigenvalue weighted by Gasteiger charge is 2.58. The van der Waals surface area contributed by atoms with Crippen LogP contribution in [0.1, 0.15) is 10.4 Å². The number of aliphatic imine (C=N–C) groups is 1. The van der Waals surface area contributed by atoms with Gasteiger partial charge in [0.1, 0.15) is 18.5 Å². The number of fused-ring (bicyclic) bond motifs is 6. The Bertz CT molecular complexity index is 1590. The third-order valence-electron chi connectivity index (χ3n) is 5.73. The van der Waals surface area contributed by atoms with E-state index in [1.54, 1.807) is 0 Å². The molecule has 32 heavy (non-hydrogen) atoms. The Kier molecular flexibility index (Phi) is 3.57. The standard InChI is InChI=1S/C24H14F2N4S2/c25-30(26)28-13-17-11-19(15-7-3-1-4-8-15)31-21(17)23(28)27-24-22-18(14-29(24)30)12-20(32-22)16-9-5-2-6-10-16/h1-14H/q+2. The van der Waals surface area contributed by atoms with E-state index >= 15 is 8.96 Å². The summed E-state index contributed by atoms with van der Waals surface area (Å²) in [5.41, 5.74) is 2.91. The van der Waals surface area contributed by atoms with Gasteiger partial charge in [0.15, 0.2) is 6.21 Å². The van der Waals surface area contributed by atoms with Crippen molar-refractivity contribution >= 4 is 50.6 Å². The zero-order valence-corrected chi connectivity index (χ0v) is 18.1. The highest BCUT2D eigenvalue weighted by Crippen LogP contribution is 2.45. The first-order valence-electron chi connectivity index (χ1n) is 10.0. The topological polar surface area (TPSA) is 20.3 Å². The predicted octanol–water partition coefficient (Wildman–Crippen LogP) is 6.76. The Balaban J connectivity index is 1.41. The Morgan fingerprint density at radius 2 is 1.50 bits per heavy atom. The van der Waals surface area contributed by atoms with Crippen LogP contribution in [-0.2, 0) is 0 Å². The maximum Gasteiger partial charge on any atom is 0.403 e. The van der Waals surface area contributed by atoms with Crippen molar-refractivity contribution in [2.75, 3.05) is 0 Å². The molecule has 0 fully saturated rings. The first kappa shape index (κ1) is 18.1. The van der Waals surface area contributed by atoms with E-state index in [0.717, 1.165) is 50.8 Å². The first-order chi connectivity index (χ1) is 15.6. The van der Waals surface area contributed by atoms with Crippen LogP contribution in [0.2, 0.25) is 0 Å². The maximum atomic E-state index is 15.5. The Labute approximate surface area is 189 Å². The Hall–Kier alpha value is -3.46. The number of thiophene rings is 2. The van der Waals surface area contributed by atoms with Crippen molar-refractivity contribution in [1.82, 2.24) is 9.82 Å². The molecule has 0 N–H and O–H groups in total. The van der Waals surface area contributed by atoms with Gasteiger partial charge in [-0.15, -0.1) is 22.7 Å². The summed E-state index contributed by atoms with van der Waals surface area (Å²) in [6.07, 6.45) is 2.98. The van der Waals surface area contributed by atoms with E-state index in [1.807, 2.05) is 72.8 Å². The summed E-state index contributed by atoms with van der Waals surface area (Å²) in [6.45, 7) is 0. The number of halogens is 2. The second-order valence-electron chi connectivity index (χ2n) is 7.68. The Morgan fingerprint density at radius 3 is 2.19 bits per heavy atom. The largest absolute Gasteiger partial charge is 0.403 e. The van der Waals surface area contributed by atoms with Crippen molar-refractivity contribution < 1.29 is 13.6 Å². The molecule has 2 aliphatic rings. The van der Waals surface area contributed by atoms with E-state index < -0.39 is 5.15 Å². The fourth-order valence-corrected chi connectivity index (χ4v) is 6.45. The normalized spacial score (nSPS) is 15.8. The van der Waals surface area contributed by atoms with Crippen LogP contribution >= 0.6 is 22.7 Å². The molecule has 4 nitrogen and oxygen atoms in total. The van der Waals surface area contributed by atoms with Crippen LogP contribution in [0, 0.1) is 0 Å².